The van der Waals surface area contributed by atoms with Crippen molar-refractivity contribution in [2.24, 2.45) is 0 Å². The number of carbonyl (C=O) groups excluding carboxylic acids is 1. The largest absolute Gasteiger partial charge is 0.464 e. The summed E-state index contributed by atoms with van der Waals surface area (Å²) < 4.78 is 32.0. The van der Waals surface area contributed by atoms with Gasteiger partial charge in [-0.3, -0.25) is 4.79 Å². The van der Waals surface area contributed by atoms with E-state index in [9.17, 15) is 13.2 Å². The highest BCUT2D eigenvalue weighted by atomic mass is 32.2. The van der Waals surface area contributed by atoms with Crippen molar-refractivity contribution >= 4 is 32.6 Å². The Morgan fingerprint density at radius 3 is 2.55 bits per heavy atom. The predicted octanol–water partition coefficient (Wildman–Crippen LogP) is 4.65. The molecule has 0 bridgehead atoms. The van der Waals surface area contributed by atoms with Crippen LogP contribution in [0.5, 0.6) is 0 Å². The molecule has 2 aromatic carbocycles. The highest BCUT2D eigenvalue weighted by Gasteiger charge is 2.15. The van der Waals surface area contributed by atoms with Crippen molar-refractivity contribution in [3.8, 4) is 0 Å². The van der Waals surface area contributed by atoms with Gasteiger partial charge in [-0.2, -0.15) is 0 Å². The Balaban J connectivity index is 1.67. The molecule has 0 aliphatic rings. The summed E-state index contributed by atoms with van der Waals surface area (Å²) in [5, 5.41) is 3.81. The first-order chi connectivity index (χ1) is 14.7. The molecular weight excluding hydrogens is 412 g/mol. The third-order valence-electron chi connectivity index (χ3n) is 5.06. The lowest BCUT2D eigenvalue weighted by Gasteiger charge is -2.10. The van der Waals surface area contributed by atoms with Crippen LogP contribution >= 0.6 is 0 Å². The van der Waals surface area contributed by atoms with Crippen LogP contribution in [-0.4, -0.2) is 20.9 Å². The Kier molecular flexibility index (Phi) is 6.97. The van der Waals surface area contributed by atoms with E-state index in [1.807, 2.05) is 6.07 Å². The topological polar surface area (TPSA) is 88.4 Å². The first kappa shape index (κ1) is 22.8. The Bertz CT molecular complexity index is 1190. The maximum atomic E-state index is 12.6. The van der Waals surface area contributed by atoms with Gasteiger partial charge in [0.2, 0.25) is 15.9 Å². The van der Waals surface area contributed by atoms with Crippen molar-refractivity contribution in [3.63, 3.8) is 0 Å². The monoisotopic (exact) mass is 440 g/mol. The fraction of sp³-hybridized carbons (Fsp3) is 0.292. The summed E-state index contributed by atoms with van der Waals surface area (Å²) in [4.78, 5) is 12.6. The number of sulfonamides is 1. The van der Waals surface area contributed by atoms with Gasteiger partial charge in [-0.1, -0.05) is 32.1 Å². The molecule has 0 aliphatic carbocycles. The number of aryl methyl sites for hydroxylation is 1. The number of furan rings is 1. The zero-order valence-corrected chi connectivity index (χ0v) is 18.9. The minimum atomic E-state index is -3.42. The average Bonchev–Trinajstić information content (AvgIpc) is 3.08. The van der Waals surface area contributed by atoms with Gasteiger partial charge in [0.25, 0.3) is 0 Å². The van der Waals surface area contributed by atoms with Crippen LogP contribution in [0.25, 0.3) is 11.0 Å². The molecule has 3 rings (SSSR count). The predicted molar refractivity (Wildman–Crippen MR) is 125 cm³/mol. The van der Waals surface area contributed by atoms with Crippen LogP contribution in [-0.2, 0) is 27.0 Å². The molecule has 2 N–H and O–H groups in total. The molecule has 0 saturated heterocycles. The van der Waals surface area contributed by atoms with Crippen LogP contribution in [0.3, 0.4) is 0 Å². The summed E-state index contributed by atoms with van der Waals surface area (Å²) >= 11 is 0. The van der Waals surface area contributed by atoms with Crippen molar-refractivity contribution < 1.29 is 17.6 Å². The highest BCUT2D eigenvalue weighted by molar-refractivity contribution is 7.88. The van der Waals surface area contributed by atoms with E-state index in [1.165, 1.54) is 17.2 Å². The molecule has 0 saturated carbocycles. The van der Waals surface area contributed by atoms with E-state index in [1.54, 1.807) is 30.5 Å². The molecule has 0 unspecified atom stereocenters. The van der Waals surface area contributed by atoms with E-state index < -0.39 is 10.0 Å². The lowest BCUT2D eigenvalue weighted by molar-refractivity contribution is -0.115. The zero-order valence-electron chi connectivity index (χ0n) is 18.1. The van der Waals surface area contributed by atoms with Gasteiger partial charge < -0.3 is 9.73 Å². The lowest BCUT2D eigenvalue weighted by atomic mass is 9.95. The second-order valence-corrected chi connectivity index (χ2v) is 9.75. The number of hydrogen-bond donors (Lipinski definition) is 2. The third kappa shape index (κ3) is 5.83. The summed E-state index contributed by atoms with van der Waals surface area (Å²) in [6, 6.07) is 10.9. The number of nitrogens with one attached hydrogen (secondary N) is 2. The number of rotatable bonds is 9. The van der Waals surface area contributed by atoms with Gasteiger partial charge in [0.15, 0.2) is 0 Å². The fourth-order valence-electron chi connectivity index (χ4n) is 3.52. The molecule has 1 aromatic heterocycles. The fourth-order valence-corrected chi connectivity index (χ4v) is 4.63. The van der Waals surface area contributed by atoms with Gasteiger partial charge in [-0.15, -0.1) is 6.58 Å². The number of anilines is 1. The summed E-state index contributed by atoms with van der Waals surface area (Å²) in [6.07, 6.45) is 3.32. The smallest absolute Gasteiger partial charge is 0.228 e. The van der Waals surface area contributed by atoms with Gasteiger partial charge in [0.05, 0.1) is 18.4 Å². The van der Waals surface area contributed by atoms with Crippen LogP contribution in [0.2, 0.25) is 0 Å². The highest BCUT2D eigenvalue weighted by Crippen LogP contribution is 2.29. The van der Waals surface area contributed by atoms with Crippen molar-refractivity contribution in [1.29, 1.82) is 0 Å². The average molecular weight is 441 g/mol. The number of benzene rings is 2. The molecular formula is C24H28N2O4S. The summed E-state index contributed by atoms with van der Waals surface area (Å²) in [7, 11) is -3.42. The van der Waals surface area contributed by atoms with E-state index in [-0.39, 0.29) is 24.6 Å². The molecule has 164 valence electrons. The molecule has 1 heterocycles. The second kappa shape index (κ2) is 9.49. The normalized spacial score (nSPS) is 11.7. The number of amides is 1. The molecule has 0 aliphatic heterocycles. The third-order valence-corrected chi connectivity index (χ3v) is 6.38. The number of hydrogen-bond acceptors (Lipinski definition) is 4. The summed E-state index contributed by atoms with van der Waals surface area (Å²) in [6.45, 7) is 10.0. The minimum Gasteiger partial charge on any atom is -0.464 e. The van der Waals surface area contributed by atoms with Crippen LogP contribution in [0.1, 0.15) is 42.0 Å². The minimum absolute atomic E-state index is 0.131. The van der Waals surface area contributed by atoms with Crippen molar-refractivity contribution in [3.05, 3.63) is 77.6 Å². The maximum absolute atomic E-state index is 12.6. The zero-order chi connectivity index (χ0) is 22.6. The molecule has 7 heteroatoms. The standard InChI is InChI=1S/C24H28N2O4S/c1-5-10-25-31(28,29)15-18-6-8-20(9-7-18)26-24(27)12-19-14-30-23-11-17(4)21(16(2)3)13-22(19)23/h5-9,11,13-14,16,25H,1,10,12,15H2,2-4H3,(H,26,27). The van der Waals surface area contributed by atoms with E-state index in [4.69, 9.17) is 4.42 Å². The number of fused-ring (bicyclic) bond motifs is 1. The molecule has 0 fully saturated rings. The summed E-state index contributed by atoms with van der Waals surface area (Å²) in [5.41, 5.74) is 5.27. The van der Waals surface area contributed by atoms with E-state index in [0.29, 0.717) is 17.2 Å². The van der Waals surface area contributed by atoms with Crippen LogP contribution in [0.15, 0.2) is 59.7 Å². The Morgan fingerprint density at radius 1 is 1.19 bits per heavy atom. The first-order valence-corrected chi connectivity index (χ1v) is 11.8. The molecule has 6 nitrogen and oxygen atoms in total. The van der Waals surface area contributed by atoms with Crippen LogP contribution in [0.4, 0.5) is 5.69 Å². The van der Waals surface area contributed by atoms with Gasteiger partial charge in [0, 0.05) is 23.2 Å². The Hall–Kier alpha value is -2.90. The molecule has 3 aromatic rings. The molecule has 0 atom stereocenters. The Labute approximate surface area is 183 Å². The number of carbonyl (C=O) groups is 1. The lowest BCUT2D eigenvalue weighted by Crippen LogP contribution is -2.25. The Morgan fingerprint density at radius 2 is 1.90 bits per heavy atom. The van der Waals surface area contributed by atoms with Crippen LogP contribution in [0, 0.1) is 6.92 Å². The van der Waals surface area contributed by atoms with Gasteiger partial charge in [-0.05, 0) is 53.8 Å². The van der Waals surface area contributed by atoms with E-state index >= 15 is 0 Å². The molecule has 31 heavy (non-hydrogen) atoms. The quantitative estimate of drug-likeness (QED) is 0.474. The molecule has 0 radical (unpaired) electrons. The summed E-state index contributed by atoms with van der Waals surface area (Å²) in [5.74, 6) is 0.0888. The first-order valence-electron chi connectivity index (χ1n) is 10.2. The van der Waals surface area contributed by atoms with Gasteiger partial charge in [-0.25, -0.2) is 13.1 Å². The van der Waals surface area contributed by atoms with Crippen molar-refractivity contribution in [2.45, 2.75) is 38.9 Å². The van der Waals surface area contributed by atoms with E-state index in [2.05, 4.69) is 43.5 Å². The second-order valence-electron chi connectivity index (χ2n) is 7.94. The van der Waals surface area contributed by atoms with Gasteiger partial charge >= 0.3 is 0 Å². The van der Waals surface area contributed by atoms with E-state index in [0.717, 1.165) is 16.5 Å². The molecule has 1 amide bonds. The molecule has 0 spiro atoms. The van der Waals surface area contributed by atoms with Crippen LogP contribution < -0.4 is 10.0 Å². The van der Waals surface area contributed by atoms with Gasteiger partial charge in [0.1, 0.15) is 5.58 Å². The van der Waals surface area contributed by atoms with Crippen molar-refractivity contribution in [1.82, 2.24) is 4.72 Å². The maximum Gasteiger partial charge on any atom is 0.228 e. The SMILES string of the molecule is C=CCNS(=O)(=O)Cc1ccc(NC(=O)Cc2coc3cc(C)c(C(C)C)cc23)cc1. The van der Waals surface area contributed by atoms with Crippen molar-refractivity contribution in [2.75, 3.05) is 11.9 Å².